The highest BCUT2D eigenvalue weighted by Crippen LogP contribution is 2.12. The van der Waals surface area contributed by atoms with Crippen LogP contribution in [0.2, 0.25) is 0 Å². The quantitative estimate of drug-likeness (QED) is 0.648. The Morgan fingerprint density at radius 3 is 2.85 bits per heavy atom. The van der Waals surface area contributed by atoms with Crippen LogP contribution in [0.15, 0.2) is 59.5 Å². The van der Waals surface area contributed by atoms with Crippen LogP contribution in [-0.4, -0.2) is 29.5 Å². The number of benzene rings is 1. The van der Waals surface area contributed by atoms with Gasteiger partial charge in [-0.2, -0.15) is 0 Å². The summed E-state index contributed by atoms with van der Waals surface area (Å²) in [7, 11) is 1.63. The van der Waals surface area contributed by atoms with E-state index in [-0.39, 0.29) is 11.6 Å². The maximum atomic E-state index is 12.1. The highest BCUT2D eigenvalue weighted by atomic mass is 16.5. The van der Waals surface area contributed by atoms with Crippen molar-refractivity contribution in [3.05, 3.63) is 72.1 Å². The lowest BCUT2D eigenvalue weighted by Gasteiger charge is -2.07. The van der Waals surface area contributed by atoms with Crippen LogP contribution in [0.25, 0.3) is 0 Å². The van der Waals surface area contributed by atoms with E-state index in [9.17, 15) is 4.79 Å². The molecule has 0 spiro atoms. The summed E-state index contributed by atoms with van der Waals surface area (Å²) in [6.45, 7) is 1.01. The highest BCUT2D eigenvalue weighted by Gasteiger charge is 2.08. The highest BCUT2D eigenvalue weighted by molar-refractivity contribution is 5.91. The smallest absolute Gasteiger partial charge is 0.271 e. The molecule has 0 aliphatic carbocycles. The Hall–Kier alpha value is -3.35. The van der Waals surface area contributed by atoms with Crippen LogP contribution in [0.3, 0.4) is 0 Å². The SMILES string of the molecule is COc1cccc(CCNC(=O)c2cnc(NCc3ccco3)cn2)c1. The van der Waals surface area contributed by atoms with Crippen LogP contribution >= 0.6 is 0 Å². The van der Waals surface area contributed by atoms with Gasteiger partial charge in [-0.25, -0.2) is 9.97 Å². The normalized spacial score (nSPS) is 10.3. The molecule has 0 radical (unpaired) electrons. The summed E-state index contributed by atoms with van der Waals surface area (Å²) in [4.78, 5) is 20.5. The number of ether oxygens (including phenoxy) is 1. The molecular formula is C19H20N4O3. The van der Waals surface area contributed by atoms with Gasteiger partial charge in [-0.15, -0.1) is 0 Å². The van der Waals surface area contributed by atoms with Gasteiger partial charge in [0, 0.05) is 6.54 Å². The molecule has 134 valence electrons. The maximum absolute atomic E-state index is 12.1. The predicted octanol–water partition coefficient (Wildman–Crippen LogP) is 2.66. The Morgan fingerprint density at radius 2 is 2.12 bits per heavy atom. The van der Waals surface area contributed by atoms with E-state index < -0.39 is 0 Å². The van der Waals surface area contributed by atoms with Gasteiger partial charge >= 0.3 is 0 Å². The molecular weight excluding hydrogens is 332 g/mol. The number of nitrogens with one attached hydrogen (secondary N) is 2. The number of nitrogens with zero attached hydrogens (tertiary/aromatic N) is 2. The minimum atomic E-state index is -0.252. The fourth-order valence-corrected chi connectivity index (χ4v) is 2.37. The standard InChI is InChI=1S/C19H20N4O3/c1-25-15-5-2-4-14(10-15)7-8-20-19(24)17-12-23-18(13-21-17)22-11-16-6-3-9-26-16/h2-6,9-10,12-13H,7-8,11H2,1H3,(H,20,24)(H,22,23). The van der Waals surface area contributed by atoms with Crippen LogP contribution in [0, 0.1) is 0 Å². The molecule has 2 N–H and O–H groups in total. The number of aromatic nitrogens is 2. The van der Waals surface area contributed by atoms with Gasteiger partial charge in [0.25, 0.3) is 5.91 Å². The van der Waals surface area contributed by atoms with Crippen molar-refractivity contribution in [2.24, 2.45) is 0 Å². The number of carbonyl (C=O) groups is 1. The van der Waals surface area contributed by atoms with Gasteiger partial charge < -0.3 is 19.8 Å². The molecule has 26 heavy (non-hydrogen) atoms. The predicted molar refractivity (Wildman–Crippen MR) is 97.1 cm³/mol. The zero-order valence-corrected chi connectivity index (χ0v) is 14.4. The second-order valence-electron chi connectivity index (χ2n) is 5.58. The first-order valence-corrected chi connectivity index (χ1v) is 8.24. The number of furan rings is 1. The topological polar surface area (TPSA) is 89.3 Å². The first-order valence-electron chi connectivity index (χ1n) is 8.24. The molecule has 0 atom stereocenters. The van der Waals surface area contributed by atoms with Gasteiger partial charge in [-0.3, -0.25) is 4.79 Å². The van der Waals surface area contributed by atoms with Crippen LogP contribution in [0.1, 0.15) is 21.8 Å². The summed E-state index contributed by atoms with van der Waals surface area (Å²) < 4.78 is 10.4. The van der Waals surface area contributed by atoms with E-state index in [1.807, 2.05) is 36.4 Å². The summed E-state index contributed by atoms with van der Waals surface area (Å²) in [5, 5.41) is 5.92. The molecule has 2 aromatic heterocycles. The Labute approximate surface area is 151 Å². The molecule has 0 bridgehead atoms. The fraction of sp³-hybridized carbons (Fsp3) is 0.211. The molecule has 1 amide bonds. The molecule has 0 saturated heterocycles. The van der Waals surface area contributed by atoms with E-state index in [0.717, 1.165) is 17.1 Å². The minimum absolute atomic E-state index is 0.252. The molecule has 0 aliphatic rings. The third-order valence-electron chi connectivity index (χ3n) is 3.74. The number of anilines is 1. The fourth-order valence-electron chi connectivity index (χ4n) is 2.37. The van der Waals surface area contributed by atoms with Gasteiger partial charge in [0.2, 0.25) is 0 Å². The van der Waals surface area contributed by atoms with Crippen molar-refractivity contribution < 1.29 is 13.9 Å². The number of amides is 1. The minimum Gasteiger partial charge on any atom is -0.497 e. The Balaban J connectivity index is 1.46. The molecule has 7 heteroatoms. The molecule has 3 aromatic rings. The van der Waals surface area contributed by atoms with Crippen molar-refractivity contribution in [2.45, 2.75) is 13.0 Å². The molecule has 0 aliphatic heterocycles. The lowest BCUT2D eigenvalue weighted by Crippen LogP contribution is -2.26. The molecule has 0 unspecified atom stereocenters. The van der Waals surface area contributed by atoms with Gasteiger partial charge in [-0.1, -0.05) is 12.1 Å². The van der Waals surface area contributed by atoms with Crippen LogP contribution in [0.4, 0.5) is 5.82 Å². The Bertz CT molecular complexity index is 832. The lowest BCUT2D eigenvalue weighted by atomic mass is 10.1. The molecule has 0 saturated carbocycles. The zero-order chi connectivity index (χ0) is 18.2. The van der Waals surface area contributed by atoms with Crippen molar-refractivity contribution in [1.82, 2.24) is 15.3 Å². The summed E-state index contributed by atoms with van der Waals surface area (Å²) >= 11 is 0. The first kappa shape index (κ1) is 17.5. The second kappa shape index (κ2) is 8.66. The summed E-state index contributed by atoms with van der Waals surface area (Å²) in [5.74, 6) is 1.93. The van der Waals surface area contributed by atoms with Crippen molar-refractivity contribution in [2.75, 3.05) is 19.0 Å². The molecule has 7 nitrogen and oxygen atoms in total. The Morgan fingerprint density at radius 1 is 1.19 bits per heavy atom. The number of carbonyl (C=O) groups excluding carboxylic acids is 1. The molecule has 1 aromatic carbocycles. The summed E-state index contributed by atoms with van der Waals surface area (Å²) in [5.41, 5.74) is 1.37. The first-order chi connectivity index (χ1) is 12.7. The van der Waals surface area contributed by atoms with Crippen LogP contribution < -0.4 is 15.4 Å². The average Bonchev–Trinajstić information content (AvgIpc) is 3.20. The average molecular weight is 352 g/mol. The zero-order valence-electron chi connectivity index (χ0n) is 14.4. The molecule has 0 fully saturated rings. The van der Waals surface area contributed by atoms with E-state index in [1.54, 1.807) is 13.4 Å². The largest absolute Gasteiger partial charge is 0.497 e. The van der Waals surface area contributed by atoms with Gasteiger partial charge in [0.05, 0.1) is 32.3 Å². The number of rotatable bonds is 8. The van der Waals surface area contributed by atoms with Crippen LogP contribution in [0.5, 0.6) is 5.75 Å². The number of hydrogen-bond acceptors (Lipinski definition) is 6. The van der Waals surface area contributed by atoms with Gasteiger partial charge in [0.15, 0.2) is 0 Å². The summed E-state index contributed by atoms with van der Waals surface area (Å²) in [6, 6.07) is 11.4. The maximum Gasteiger partial charge on any atom is 0.271 e. The van der Waals surface area contributed by atoms with E-state index in [4.69, 9.17) is 9.15 Å². The van der Waals surface area contributed by atoms with Crippen molar-refractivity contribution in [3.8, 4) is 5.75 Å². The lowest BCUT2D eigenvalue weighted by molar-refractivity contribution is 0.0949. The Kier molecular flexibility index (Phi) is 5.82. The van der Waals surface area contributed by atoms with Gasteiger partial charge in [-0.05, 0) is 36.2 Å². The molecule has 2 heterocycles. The monoisotopic (exact) mass is 352 g/mol. The third-order valence-corrected chi connectivity index (χ3v) is 3.74. The van der Waals surface area contributed by atoms with Crippen molar-refractivity contribution >= 4 is 11.7 Å². The van der Waals surface area contributed by atoms with Crippen molar-refractivity contribution in [1.29, 1.82) is 0 Å². The molecule has 3 rings (SSSR count). The van der Waals surface area contributed by atoms with E-state index in [1.165, 1.54) is 12.4 Å². The third kappa shape index (κ3) is 4.83. The van der Waals surface area contributed by atoms with Gasteiger partial charge in [0.1, 0.15) is 23.0 Å². The van der Waals surface area contributed by atoms with Crippen molar-refractivity contribution in [3.63, 3.8) is 0 Å². The second-order valence-corrected chi connectivity index (χ2v) is 5.58. The number of hydrogen-bond donors (Lipinski definition) is 2. The van der Waals surface area contributed by atoms with Crippen LogP contribution in [-0.2, 0) is 13.0 Å². The van der Waals surface area contributed by atoms with E-state index >= 15 is 0 Å². The summed E-state index contributed by atoms with van der Waals surface area (Å²) in [6.07, 6.45) is 5.30. The number of methoxy groups -OCH3 is 1. The van der Waals surface area contributed by atoms with E-state index in [2.05, 4.69) is 20.6 Å². The van der Waals surface area contributed by atoms with E-state index in [0.29, 0.717) is 25.3 Å².